The minimum Gasteiger partial charge on any atom is -0.483 e. The summed E-state index contributed by atoms with van der Waals surface area (Å²) in [5.41, 5.74) is 1.90. The van der Waals surface area contributed by atoms with Crippen LogP contribution in [0, 0.1) is 5.82 Å². The van der Waals surface area contributed by atoms with E-state index >= 15 is 0 Å². The zero-order valence-corrected chi connectivity index (χ0v) is 21.5. The first kappa shape index (κ1) is 26.8. The zero-order valence-electron chi connectivity index (χ0n) is 19.9. The minimum atomic E-state index is -0.644. The second kappa shape index (κ2) is 13.3. The molecule has 2 amide bonds. The average Bonchev–Trinajstić information content (AvgIpc) is 2.79. The van der Waals surface area contributed by atoms with E-state index in [4.69, 9.17) is 4.74 Å². The van der Waals surface area contributed by atoms with Crippen molar-refractivity contribution in [3.63, 3.8) is 0 Å². The summed E-state index contributed by atoms with van der Waals surface area (Å²) >= 11 is 3.51. The summed E-state index contributed by atoms with van der Waals surface area (Å²) in [6, 6.07) is 11.1. The molecule has 0 aliphatic carbocycles. The third-order valence-electron chi connectivity index (χ3n) is 5.46. The third-order valence-corrected chi connectivity index (χ3v) is 6.08. The summed E-state index contributed by atoms with van der Waals surface area (Å²) in [5.74, 6) is 0.0918. The van der Waals surface area contributed by atoms with Crippen molar-refractivity contribution in [2.75, 3.05) is 13.2 Å². The first-order valence-corrected chi connectivity index (χ1v) is 12.3. The molecule has 1 atom stereocenters. The van der Waals surface area contributed by atoms with Crippen LogP contribution in [0.2, 0.25) is 0 Å². The molecule has 0 aliphatic rings. The van der Waals surface area contributed by atoms with Gasteiger partial charge in [-0.05, 0) is 70.1 Å². The van der Waals surface area contributed by atoms with Crippen LogP contribution in [0.1, 0.15) is 64.0 Å². The van der Waals surface area contributed by atoms with Gasteiger partial charge in [0.2, 0.25) is 5.91 Å². The molecular weight excluding hydrogens is 487 g/mol. The van der Waals surface area contributed by atoms with E-state index in [0.29, 0.717) is 24.6 Å². The van der Waals surface area contributed by atoms with Crippen LogP contribution in [-0.2, 0) is 16.1 Å². The molecule has 0 unspecified atom stereocenters. The standard InChI is InChI=1S/C26H34BrFN2O3/c1-5-7-14-29-26(32)23(6-2)30(16-19-8-11-21(28)12-9-19)25(31)17-33-24-13-10-20(18(3)4)15-22(24)27/h8-13,15,18,23H,5-7,14,16-17H2,1-4H3,(H,29,32)/t23-/m0/s1. The highest BCUT2D eigenvalue weighted by molar-refractivity contribution is 9.10. The maximum atomic E-state index is 13.4. The molecule has 1 N–H and O–H groups in total. The quantitative estimate of drug-likeness (QED) is 0.359. The lowest BCUT2D eigenvalue weighted by Crippen LogP contribution is -2.50. The Bertz CT molecular complexity index is 918. The molecular formula is C26H34BrFN2O3. The van der Waals surface area contributed by atoms with Crippen molar-refractivity contribution in [2.45, 2.75) is 65.5 Å². The van der Waals surface area contributed by atoms with Crippen LogP contribution in [0.4, 0.5) is 4.39 Å². The highest BCUT2D eigenvalue weighted by Crippen LogP contribution is 2.29. The topological polar surface area (TPSA) is 58.6 Å². The van der Waals surface area contributed by atoms with Crippen molar-refractivity contribution >= 4 is 27.7 Å². The molecule has 0 bridgehead atoms. The number of carbonyl (C=O) groups excluding carboxylic acids is 2. The van der Waals surface area contributed by atoms with E-state index in [2.05, 4.69) is 42.0 Å². The number of nitrogens with one attached hydrogen (secondary N) is 1. The number of nitrogens with zero attached hydrogens (tertiary/aromatic N) is 1. The van der Waals surface area contributed by atoms with Crippen molar-refractivity contribution in [3.8, 4) is 5.75 Å². The van der Waals surface area contributed by atoms with Gasteiger partial charge >= 0.3 is 0 Å². The second-order valence-electron chi connectivity index (χ2n) is 8.35. The van der Waals surface area contributed by atoms with Gasteiger partial charge in [-0.15, -0.1) is 0 Å². The molecule has 0 saturated carbocycles. The number of amides is 2. The number of halogens is 2. The van der Waals surface area contributed by atoms with E-state index in [1.54, 1.807) is 12.1 Å². The minimum absolute atomic E-state index is 0.190. The highest BCUT2D eigenvalue weighted by Gasteiger charge is 2.29. The molecule has 0 aromatic heterocycles. The Labute approximate surface area is 204 Å². The second-order valence-corrected chi connectivity index (χ2v) is 9.20. The number of carbonyl (C=O) groups is 2. The Morgan fingerprint density at radius 1 is 1.12 bits per heavy atom. The van der Waals surface area contributed by atoms with Crippen molar-refractivity contribution in [1.29, 1.82) is 0 Å². The van der Waals surface area contributed by atoms with Crippen LogP contribution >= 0.6 is 15.9 Å². The molecule has 7 heteroatoms. The van der Waals surface area contributed by atoms with Crippen LogP contribution in [0.5, 0.6) is 5.75 Å². The van der Waals surface area contributed by atoms with Gasteiger partial charge in [-0.2, -0.15) is 0 Å². The first-order chi connectivity index (χ1) is 15.8. The monoisotopic (exact) mass is 520 g/mol. The number of ether oxygens (including phenoxy) is 1. The fourth-order valence-electron chi connectivity index (χ4n) is 3.43. The summed E-state index contributed by atoms with van der Waals surface area (Å²) in [7, 11) is 0. The van der Waals surface area contributed by atoms with E-state index < -0.39 is 6.04 Å². The van der Waals surface area contributed by atoms with Crippen LogP contribution in [0.3, 0.4) is 0 Å². The zero-order chi connectivity index (χ0) is 24.4. The van der Waals surface area contributed by atoms with Crippen LogP contribution in [0.25, 0.3) is 0 Å². The summed E-state index contributed by atoms with van der Waals surface area (Å²) in [6.45, 7) is 8.69. The van der Waals surface area contributed by atoms with Gasteiger partial charge in [0.15, 0.2) is 6.61 Å². The Morgan fingerprint density at radius 2 is 1.82 bits per heavy atom. The molecule has 2 aromatic rings. The molecule has 33 heavy (non-hydrogen) atoms. The summed E-state index contributed by atoms with van der Waals surface area (Å²) < 4.78 is 20.0. The van der Waals surface area contributed by atoms with E-state index in [9.17, 15) is 14.0 Å². The summed E-state index contributed by atoms with van der Waals surface area (Å²) in [4.78, 5) is 27.6. The molecule has 0 saturated heterocycles. The van der Waals surface area contributed by atoms with Gasteiger partial charge in [0.25, 0.3) is 5.91 Å². The lowest BCUT2D eigenvalue weighted by Gasteiger charge is -2.30. The fourth-order valence-corrected chi connectivity index (χ4v) is 3.94. The Morgan fingerprint density at radius 3 is 2.39 bits per heavy atom. The predicted molar refractivity (Wildman–Crippen MR) is 133 cm³/mol. The summed E-state index contributed by atoms with van der Waals surface area (Å²) in [5, 5.41) is 2.92. The molecule has 0 spiro atoms. The number of benzene rings is 2. The van der Waals surface area contributed by atoms with Gasteiger partial charge in [-0.25, -0.2) is 4.39 Å². The lowest BCUT2D eigenvalue weighted by molar-refractivity contribution is -0.143. The van der Waals surface area contributed by atoms with Crippen molar-refractivity contribution in [2.24, 2.45) is 0 Å². The van der Waals surface area contributed by atoms with Gasteiger partial charge in [0.1, 0.15) is 17.6 Å². The maximum absolute atomic E-state index is 13.4. The Kier molecular flexibility index (Phi) is 10.8. The number of hydrogen-bond donors (Lipinski definition) is 1. The molecule has 2 rings (SSSR count). The Hall–Kier alpha value is -2.41. The van der Waals surface area contributed by atoms with E-state index in [1.165, 1.54) is 17.0 Å². The number of rotatable bonds is 12. The Balaban J connectivity index is 2.19. The highest BCUT2D eigenvalue weighted by atomic mass is 79.9. The first-order valence-electron chi connectivity index (χ1n) is 11.5. The van der Waals surface area contributed by atoms with Crippen LogP contribution in [0.15, 0.2) is 46.9 Å². The van der Waals surface area contributed by atoms with Crippen LogP contribution in [-0.4, -0.2) is 35.9 Å². The SMILES string of the molecule is CCCCNC(=O)[C@H](CC)N(Cc1ccc(F)cc1)C(=O)COc1ccc(C(C)C)cc1Br. The van der Waals surface area contributed by atoms with Gasteiger partial charge in [-0.3, -0.25) is 9.59 Å². The molecule has 0 aliphatic heterocycles. The van der Waals surface area contributed by atoms with Crippen molar-refractivity contribution in [3.05, 3.63) is 63.9 Å². The van der Waals surface area contributed by atoms with Gasteiger partial charge in [-0.1, -0.05) is 52.3 Å². The normalized spacial score (nSPS) is 11.8. The van der Waals surface area contributed by atoms with Gasteiger partial charge < -0.3 is 15.0 Å². The summed E-state index contributed by atoms with van der Waals surface area (Å²) in [6.07, 6.45) is 2.29. The van der Waals surface area contributed by atoms with Crippen molar-refractivity contribution in [1.82, 2.24) is 10.2 Å². The van der Waals surface area contributed by atoms with Gasteiger partial charge in [0.05, 0.1) is 4.47 Å². The number of unbranched alkanes of at least 4 members (excludes halogenated alkanes) is 1. The smallest absolute Gasteiger partial charge is 0.261 e. The van der Waals surface area contributed by atoms with E-state index in [-0.39, 0.29) is 30.8 Å². The molecule has 5 nitrogen and oxygen atoms in total. The van der Waals surface area contributed by atoms with Gasteiger partial charge in [0, 0.05) is 13.1 Å². The van der Waals surface area contributed by atoms with E-state index in [1.807, 2.05) is 25.1 Å². The number of hydrogen-bond acceptors (Lipinski definition) is 3. The molecule has 0 radical (unpaired) electrons. The third kappa shape index (κ3) is 8.14. The predicted octanol–water partition coefficient (Wildman–Crippen LogP) is 5.81. The molecule has 0 fully saturated rings. The maximum Gasteiger partial charge on any atom is 0.261 e. The average molecular weight is 521 g/mol. The molecule has 2 aromatic carbocycles. The lowest BCUT2D eigenvalue weighted by atomic mass is 10.0. The largest absolute Gasteiger partial charge is 0.483 e. The molecule has 180 valence electrons. The van der Waals surface area contributed by atoms with Crippen LogP contribution < -0.4 is 10.1 Å². The fraction of sp³-hybridized carbons (Fsp3) is 0.462. The van der Waals surface area contributed by atoms with Crippen molar-refractivity contribution < 1.29 is 18.7 Å². The molecule has 0 heterocycles. The van der Waals surface area contributed by atoms with E-state index in [0.717, 1.165) is 28.4 Å².